The van der Waals surface area contributed by atoms with Gasteiger partial charge >= 0.3 is 6.03 Å². The number of amides is 4. The number of carbonyl (C=O) groups excluding carboxylic acids is 3. The van der Waals surface area contributed by atoms with Gasteiger partial charge in [-0.25, -0.2) is 4.79 Å². The van der Waals surface area contributed by atoms with Crippen molar-refractivity contribution in [2.75, 3.05) is 30.3 Å². The van der Waals surface area contributed by atoms with Crippen molar-refractivity contribution in [3.63, 3.8) is 0 Å². The number of piperidine rings is 1. The molecule has 9 nitrogen and oxygen atoms in total. The molecule has 1 fully saturated rings. The molecule has 2 aromatic rings. The van der Waals surface area contributed by atoms with E-state index in [2.05, 4.69) is 20.5 Å². The largest absolute Gasteiger partial charge is 0.369 e. The number of H-pyrrole nitrogens is 1. The quantitative estimate of drug-likeness (QED) is 0.382. The molecule has 0 saturated carbocycles. The molecule has 1 aromatic carbocycles. The Morgan fingerprint density at radius 3 is 2.68 bits per heavy atom. The van der Waals surface area contributed by atoms with E-state index in [0.717, 1.165) is 42.9 Å². The number of primary amides is 2. The summed E-state index contributed by atoms with van der Waals surface area (Å²) >= 11 is 0. The second-order valence-corrected chi connectivity index (χ2v) is 9.11. The van der Waals surface area contributed by atoms with E-state index < -0.39 is 6.03 Å². The first-order valence-corrected chi connectivity index (χ1v) is 11.7. The maximum atomic E-state index is 12.6. The smallest absolute Gasteiger partial charge is 0.316 e. The topological polar surface area (TPSA) is 146 Å². The summed E-state index contributed by atoms with van der Waals surface area (Å²) in [6.07, 6.45) is 8.69. The summed E-state index contributed by atoms with van der Waals surface area (Å²) in [5.74, 6) is -0.746. The van der Waals surface area contributed by atoms with Crippen molar-refractivity contribution in [1.82, 2.24) is 9.88 Å². The van der Waals surface area contributed by atoms with Crippen molar-refractivity contribution in [2.45, 2.75) is 39.0 Å². The fourth-order valence-electron chi connectivity index (χ4n) is 4.74. The number of nitrogens with zero attached hydrogens (tertiary/aromatic N) is 1. The minimum absolute atomic E-state index is 0.224. The van der Waals surface area contributed by atoms with Gasteiger partial charge < -0.3 is 32.0 Å². The molecule has 2 aliphatic rings. The molecule has 1 atom stereocenters. The molecule has 1 saturated heterocycles. The van der Waals surface area contributed by atoms with E-state index in [4.69, 9.17) is 11.5 Å². The zero-order chi connectivity index (χ0) is 24.2. The highest BCUT2D eigenvalue weighted by atomic mass is 16.2. The first-order chi connectivity index (χ1) is 16.3. The zero-order valence-electron chi connectivity index (χ0n) is 19.4. The van der Waals surface area contributed by atoms with Crippen LogP contribution in [-0.2, 0) is 16.0 Å². The number of hydrogen-bond acceptors (Lipinski definition) is 4. The second-order valence-electron chi connectivity index (χ2n) is 9.11. The highest BCUT2D eigenvalue weighted by Crippen LogP contribution is 2.35. The van der Waals surface area contributed by atoms with Crippen LogP contribution in [-0.4, -0.2) is 47.4 Å². The maximum absolute atomic E-state index is 12.6. The molecule has 0 spiro atoms. The van der Waals surface area contributed by atoms with Crippen LogP contribution >= 0.6 is 0 Å². The zero-order valence-corrected chi connectivity index (χ0v) is 19.4. The van der Waals surface area contributed by atoms with Crippen LogP contribution in [0.5, 0.6) is 0 Å². The van der Waals surface area contributed by atoms with Gasteiger partial charge in [0, 0.05) is 34.7 Å². The summed E-state index contributed by atoms with van der Waals surface area (Å²) in [6.45, 7) is 5.03. The third kappa shape index (κ3) is 5.31. The average Bonchev–Trinajstić information content (AvgIpc) is 3.30. The number of likely N-dealkylation sites (tertiary alicyclic amines) is 1. The van der Waals surface area contributed by atoms with E-state index in [1.165, 1.54) is 19.3 Å². The van der Waals surface area contributed by atoms with Crippen molar-refractivity contribution >= 4 is 40.9 Å². The van der Waals surface area contributed by atoms with Crippen LogP contribution in [0, 0.1) is 12.8 Å². The fraction of sp³-hybridized carbons (Fsp3) is 0.400. The van der Waals surface area contributed by atoms with E-state index in [9.17, 15) is 14.4 Å². The summed E-state index contributed by atoms with van der Waals surface area (Å²) < 4.78 is 0. The van der Waals surface area contributed by atoms with Gasteiger partial charge in [0.25, 0.3) is 5.91 Å². The first-order valence-electron chi connectivity index (χ1n) is 11.7. The van der Waals surface area contributed by atoms with Gasteiger partial charge in [0.1, 0.15) is 0 Å². The standard InChI is InChI=1S/C25H32N6O3/c1-15-17(11-16(23(26)32)7-10-31-8-3-2-4-9-31)14-28-22(15)13-20-19-12-18(29-25(27)34)5-6-21(19)30-24(20)33/h5-6,12-14,16,28H,2-4,7-11H2,1H3,(H2,26,32)(H,30,33)(H3,27,29,34). The Bertz CT molecular complexity index is 1130. The molecule has 0 aliphatic carbocycles. The third-order valence-electron chi connectivity index (χ3n) is 6.76. The molecule has 0 bridgehead atoms. The molecule has 1 unspecified atom stereocenters. The van der Waals surface area contributed by atoms with Gasteiger partial charge in [-0.05, 0) is 87.6 Å². The van der Waals surface area contributed by atoms with Gasteiger partial charge in [-0.1, -0.05) is 6.42 Å². The van der Waals surface area contributed by atoms with Crippen molar-refractivity contribution in [1.29, 1.82) is 0 Å². The monoisotopic (exact) mass is 464 g/mol. The predicted octanol–water partition coefficient (Wildman–Crippen LogP) is 2.83. The second kappa shape index (κ2) is 10.1. The number of benzene rings is 1. The number of carbonyl (C=O) groups is 3. The molecule has 4 amide bonds. The summed E-state index contributed by atoms with van der Waals surface area (Å²) in [5, 5.41) is 5.37. The number of nitrogens with one attached hydrogen (secondary N) is 3. The molecule has 9 heteroatoms. The first kappa shape index (κ1) is 23.6. The molecule has 180 valence electrons. The maximum Gasteiger partial charge on any atom is 0.316 e. The number of urea groups is 1. The Balaban J connectivity index is 1.51. The molecule has 1 aromatic heterocycles. The Kier molecular flexibility index (Phi) is 7.02. The highest BCUT2D eigenvalue weighted by molar-refractivity contribution is 6.35. The summed E-state index contributed by atoms with van der Waals surface area (Å²) in [7, 11) is 0. The van der Waals surface area contributed by atoms with E-state index in [-0.39, 0.29) is 17.7 Å². The van der Waals surface area contributed by atoms with E-state index in [0.29, 0.717) is 28.9 Å². The van der Waals surface area contributed by atoms with Crippen LogP contribution in [0.15, 0.2) is 24.4 Å². The van der Waals surface area contributed by atoms with Crippen molar-refractivity contribution in [2.24, 2.45) is 17.4 Å². The van der Waals surface area contributed by atoms with Crippen LogP contribution in [0.2, 0.25) is 0 Å². The number of nitrogens with two attached hydrogens (primary N) is 2. The predicted molar refractivity (Wildman–Crippen MR) is 133 cm³/mol. The lowest BCUT2D eigenvalue weighted by atomic mass is 9.94. The Morgan fingerprint density at radius 2 is 1.97 bits per heavy atom. The van der Waals surface area contributed by atoms with Crippen molar-refractivity contribution in [3.05, 3.63) is 46.8 Å². The molecule has 4 rings (SSSR count). The third-order valence-corrected chi connectivity index (χ3v) is 6.76. The minimum Gasteiger partial charge on any atom is -0.369 e. The number of aromatic nitrogens is 1. The fourth-order valence-corrected chi connectivity index (χ4v) is 4.74. The summed E-state index contributed by atoms with van der Waals surface area (Å²) in [6, 6.07) is 4.45. The van der Waals surface area contributed by atoms with Crippen LogP contribution < -0.4 is 22.1 Å². The van der Waals surface area contributed by atoms with Gasteiger partial charge in [-0.15, -0.1) is 0 Å². The number of rotatable bonds is 8. The van der Waals surface area contributed by atoms with Gasteiger partial charge in [-0.3, -0.25) is 9.59 Å². The van der Waals surface area contributed by atoms with Gasteiger partial charge in [0.15, 0.2) is 0 Å². The lowest BCUT2D eigenvalue weighted by Gasteiger charge is -2.27. The number of fused-ring (bicyclic) bond motifs is 1. The summed E-state index contributed by atoms with van der Waals surface area (Å²) in [4.78, 5) is 41.6. The van der Waals surface area contributed by atoms with E-state index in [1.807, 2.05) is 13.1 Å². The molecule has 7 N–H and O–H groups in total. The van der Waals surface area contributed by atoms with E-state index >= 15 is 0 Å². The van der Waals surface area contributed by atoms with Crippen LogP contribution in [0.4, 0.5) is 16.2 Å². The van der Waals surface area contributed by atoms with Crippen LogP contribution in [0.25, 0.3) is 11.6 Å². The molecular weight excluding hydrogens is 432 g/mol. The molecule has 34 heavy (non-hydrogen) atoms. The number of aromatic amines is 1. The normalized spacial score (nSPS) is 17.9. The van der Waals surface area contributed by atoms with Crippen LogP contribution in [0.3, 0.4) is 0 Å². The lowest BCUT2D eigenvalue weighted by molar-refractivity contribution is -0.122. The molecule has 3 heterocycles. The number of anilines is 2. The molecule has 2 aliphatic heterocycles. The average molecular weight is 465 g/mol. The number of hydrogen-bond donors (Lipinski definition) is 5. The summed E-state index contributed by atoms with van der Waals surface area (Å²) in [5.41, 5.74) is 16.1. The van der Waals surface area contributed by atoms with Crippen LogP contribution in [0.1, 0.15) is 48.1 Å². The van der Waals surface area contributed by atoms with Gasteiger partial charge in [0.05, 0.1) is 5.57 Å². The van der Waals surface area contributed by atoms with E-state index in [1.54, 1.807) is 24.3 Å². The lowest BCUT2D eigenvalue weighted by Crippen LogP contribution is -2.34. The van der Waals surface area contributed by atoms with Crippen molar-refractivity contribution in [3.8, 4) is 0 Å². The molecule has 0 radical (unpaired) electrons. The highest BCUT2D eigenvalue weighted by Gasteiger charge is 2.26. The Labute approximate surface area is 198 Å². The Hall–Kier alpha value is -3.59. The molecular formula is C25H32N6O3. The van der Waals surface area contributed by atoms with Gasteiger partial charge in [0.2, 0.25) is 5.91 Å². The van der Waals surface area contributed by atoms with Gasteiger partial charge in [-0.2, -0.15) is 0 Å². The Morgan fingerprint density at radius 1 is 1.21 bits per heavy atom. The van der Waals surface area contributed by atoms with Crippen molar-refractivity contribution < 1.29 is 14.4 Å². The SMILES string of the molecule is Cc1c(CC(CCN2CCCCC2)C(N)=O)c[nH]c1C=C1C(=O)Nc2ccc(NC(N)=O)cc21. The minimum atomic E-state index is -0.670.